The predicted molar refractivity (Wildman–Crippen MR) is 118 cm³/mol. The van der Waals surface area contributed by atoms with Crippen LogP contribution >= 0.6 is 0 Å². The van der Waals surface area contributed by atoms with E-state index in [-0.39, 0.29) is 5.75 Å². The van der Waals surface area contributed by atoms with Crippen molar-refractivity contribution in [3.63, 3.8) is 0 Å². The Morgan fingerprint density at radius 3 is 2.23 bits per heavy atom. The van der Waals surface area contributed by atoms with Gasteiger partial charge < -0.3 is 10.0 Å². The number of hydrogen-bond donors (Lipinski definition) is 2. The molecule has 1 aliphatic rings. The summed E-state index contributed by atoms with van der Waals surface area (Å²) in [6.07, 6.45) is 0. The summed E-state index contributed by atoms with van der Waals surface area (Å²) in [5.41, 5.74) is 4.12. The van der Waals surface area contributed by atoms with E-state index in [9.17, 15) is 13.5 Å². The van der Waals surface area contributed by atoms with Gasteiger partial charge in [-0.3, -0.25) is 0 Å². The molecule has 3 aromatic carbocycles. The number of aryl methyl sites for hydroxylation is 1. The molecule has 0 aliphatic carbocycles. The second-order valence-corrected chi connectivity index (χ2v) is 9.79. The van der Waals surface area contributed by atoms with Crippen LogP contribution in [0.3, 0.4) is 0 Å². The monoisotopic (exact) mass is 423 g/mol. The molecule has 4 rings (SSSR count). The molecule has 0 unspecified atom stereocenters. The second kappa shape index (κ2) is 8.60. The molecule has 156 valence electrons. The van der Waals surface area contributed by atoms with Gasteiger partial charge in [-0.1, -0.05) is 54.1 Å². The molecule has 1 aliphatic heterocycles. The van der Waals surface area contributed by atoms with Gasteiger partial charge >= 0.3 is 0 Å². The van der Waals surface area contributed by atoms with Crippen LogP contribution in [0.2, 0.25) is 0 Å². The van der Waals surface area contributed by atoms with Gasteiger partial charge in [0.15, 0.2) is 0 Å². The van der Waals surface area contributed by atoms with Gasteiger partial charge in [-0.2, -0.15) is 4.31 Å². The Morgan fingerprint density at radius 1 is 0.900 bits per heavy atom. The van der Waals surface area contributed by atoms with Crippen LogP contribution in [0.25, 0.3) is 11.1 Å². The Morgan fingerprint density at radius 2 is 1.57 bits per heavy atom. The second-order valence-electron chi connectivity index (χ2n) is 7.85. The van der Waals surface area contributed by atoms with Crippen molar-refractivity contribution in [2.75, 3.05) is 26.2 Å². The van der Waals surface area contributed by atoms with E-state index in [0.29, 0.717) is 37.6 Å². The summed E-state index contributed by atoms with van der Waals surface area (Å²) in [6, 6.07) is 22.8. The fourth-order valence-corrected chi connectivity index (χ4v) is 5.33. The number of phenols is 1. The van der Waals surface area contributed by atoms with Gasteiger partial charge in [-0.15, -0.1) is 0 Å². The molecule has 30 heavy (non-hydrogen) atoms. The van der Waals surface area contributed by atoms with E-state index >= 15 is 0 Å². The van der Waals surface area contributed by atoms with Crippen LogP contribution in [0.5, 0.6) is 5.75 Å². The highest BCUT2D eigenvalue weighted by molar-refractivity contribution is 7.89. The van der Waals surface area contributed by atoms with Crippen LogP contribution < -0.4 is 4.90 Å². The van der Waals surface area contributed by atoms with Crippen molar-refractivity contribution in [1.82, 2.24) is 4.31 Å². The minimum Gasteiger partial charge on any atom is -0.507 e. The fourth-order valence-electron chi connectivity index (χ4n) is 3.89. The Kier molecular flexibility index (Phi) is 5.90. The Bertz CT molecular complexity index is 1100. The van der Waals surface area contributed by atoms with Gasteiger partial charge in [-0.25, -0.2) is 8.42 Å². The summed E-state index contributed by atoms with van der Waals surface area (Å²) in [4.78, 5) is 1.62. The van der Waals surface area contributed by atoms with Crippen LogP contribution in [0.1, 0.15) is 11.1 Å². The number of hydrogen-bond acceptors (Lipinski definition) is 3. The van der Waals surface area contributed by atoms with Crippen LogP contribution in [0, 0.1) is 6.92 Å². The third-order valence-electron chi connectivity index (χ3n) is 5.72. The van der Waals surface area contributed by atoms with E-state index < -0.39 is 10.0 Å². The van der Waals surface area contributed by atoms with Gasteiger partial charge in [0.25, 0.3) is 0 Å². The molecule has 1 fully saturated rings. The number of sulfonamides is 1. The number of benzene rings is 3. The molecule has 5 nitrogen and oxygen atoms in total. The first-order valence-corrected chi connectivity index (χ1v) is 11.7. The summed E-state index contributed by atoms with van der Waals surface area (Å²) in [6.45, 7) is 4.99. The minimum absolute atomic E-state index is 0.289. The number of phenolic OH excluding ortho intramolecular Hbond substituents is 1. The molecule has 0 saturated carbocycles. The molecule has 2 N–H and O–H groups in total. The Hall–Kier alpha value is -2.67. The highest BCUT2D eigenvalue weighted by Crippen LogP contribution is 2.25. The summed E-state index contributed by atoms with van der Waals surface area (Å²) in [7, 11) is -3.46. The fraction of sp³-hybridized carbons (Fsp3) is 0.250. The van der Waals surface area contributed by atoms with E-state index in [0.717, 1.165) is 22.3 Å². The molecule has 0 amide bonds. The van der Waals surface area contributed by atoms with E-state index in [1.807, 2.05) is 49.4 Å². The van der Waals surface area contributed by atoms with Gasteiger partial charge in [0.2, 0.25) is 10.0 Å². The smallest absolute Gasteiger partial charge is 0.243 e. The number of rotatable bonds is 5. The maximum absolute atomic E-state index is 12.9. The van der Waals surface area contributed by atoms with E-state index in [1.54, 1.807) is 22.5 Å². The van der Waals surface area contributed by atoms with Crippen molar-refractivity contribution < 1.29 is 18.4 Å². The molecule has 0 bridgehead atoms. The molecular weight excluding hydrogens is 396 g/mol. The molecule has 3 aromatic rings. The molecule has 1 heterocycles. The first-order chi connectivity index (χ1) is 14.4. The van der Waals surface area contributed by atoms with E-state index in [4.69, 9.17) is 0 Å². The molecule has 6 heteroatoms. The van der Waals surface area contributed by atoms with Gasteiger partial charge in [0.1, 0.15) is 12.3 Å². The Balaban J connectivity index is 1.43. The lowest BCUT2D eigenvalue weighted by Gasteiger charge is -2.31. The normalized spacial score (nSPS) is 15.9. The molecule has 0 atom stereocenters. The standard InChI is InChI=1S/C24H26N2O3S/c1-19-7-10-23(11-8-19)30(28,29)26-15-13-25(14-16-26)18-22-17-21(9-12-24(22)27)20-5-3-2-4-6-20/h2-12,17,27H,13-16,18H2,1H3/p+1. The lowest BCUT2D eigenvalue weighted by atomic mass is 10.0. The van der Waals surface area contributed by atoms with Crippen molar-refractivity contribution in [3.8, 4) is 16.9 Å². The minimum atomic E-state index is -3.46. The van der Waals surface area contributed by atoms with Gasteiger partial charge in [-0.05, 0) is 42.3 Å². The highest BCUT2D eigenvalue weighted by atomic mass is 32.2. The number of aromatic hydroxyl groups is 1. The Labute approximate surface area is 178 Å². The number of quaternary nitrogens is 1. The largest absolute Gasteiger partial charge is 0.507 e. The summed E-state index contributed by atoms with van der Waals surface area (Å²) >= 11 is 0. The first kappa shape index (κ1) is 20.6. The van der Waals surface area contributed by atoms with Crippen LogP contribution in [-0.4, -0.2) is 44.0 Å². The van der Waals surface area contributed by atoms with Gasteiger partial charge in [0, 0.05) is 5.56 Å². The lowest BCUT2D eigenvalue weighted by Crippen LogP contribution is -3.13. The highest BCUT2D eigenvalue weighted by Gasteiger charge is 2.30. The van der Waals surface area contributed by atoms with E-state index in [2.05, 4.69) is 12.1 Å². The molecule has 0 spiro atoms. The van der Waals surface area contributed by atoms with Crippen molar-refractivity contribution in [2.24, 2.45) is 0 Å². The zero-order chi connectivity index (χ0) is 21.1. The lowest BCUT2D eigenvalue weighted by molar-refractivity contribution is -0.917. The third-order valence-corrected chi connectivity index (χ3v) is 7.63. The van der Waals surface area contributed by atoms with E-state index in [1.165, 1.54) is 4.90 Å². The van der Waals surface area contributed by atoms with Crippen molar-refractivity contribution in [1.29, 1.82) is 0 Å². The maximum Gasteiger partial charge on any atom is 0.243 e. The van der Waals surface area contributed by atoms with Crippen LogP contribution in [0.4, 0.5) is 0 Å². The third kappa shape index (κ3) is 4.41. The van der Waals surface area contributed by atoms with Crippen LogP contribution in [0.15, 0.2) is 77.7 Å². The molecular formula is C24H27N2O3S+. The summed E-state index contributed by atoms with van der Waals surface area (Å²) < 4.78 is 27.4. The zero-order valence-corrected chi connectivity index (χ0v) is 17.9. The number of piperazine rings is 1. The van der Waals surface area contributed by atoms with Crippen molar-refractivity contribution >= 4 is 10.0 Å². The number of nitrogens with zero attached hydrogens (tertiary/aromatic N) is 1. The first-order valence-electron chi connectivity index (χ1n) is 10.2. The van der Waals surface area contributed by atoms with Crippen LogP contribution in [-0.2, 0) is 16.6 Å². The molecule has 0 aromatic heterocycles. The van der Waals surface area contributed by atoms with Gasteiger partial charge in [0.05, 0.1) is 31.1 Å². The average molecular weight is 424 g/mol. The predicted octanol–water partition coefficient (Wildman–Crippen LogP) is 2.46. The SMILES string of the molecule is Cc1ccc(S(=O)(=O)N2CC[NH+](Cc3cc(-c4ccccc4)ccc3O)CC2)cc1. The number of nitrogens with one attached hydrogen (secondary N) is 1. The summed E-state index contributed by atoms with van der Waals surface area (Å²) in [5.74, 6) is 0.289. The van der Waals surface area contributed by atoms with Crippen molar-refractivity contribution in [2.45, 2.75) is 18.4 Å². The maximum atomic E-state index is 12.9. The molecule has 0 radical (unpaired) electrons. The topological polar surface area (TPSA) is 62.0 Å². The molecule has 1 saturated heterocycles. The zero-order valence-electron chi connectivity index (χ0n) is 17.1. The quantitative estimate of drug-likeness (QED) is 0.663. The summed E-state index contributed by atoms with van der Waals surface area (Å²) in [5, 5.41) is 10.3. The van der Waals surface area contributed by atoms with Crippen molar-refractivity contribution in [3.05, 3.63) is 83.9 Å². The average Bonchev–Trinajstić information content (AvgIpc) is 2.76.